The number of carbonyl (C=O) groups is 3. The minimum absolute atomic E-state index is 0.143. The Bertz CT molecular complexity index is 1360. The number of hydrogen-bond donors (Lipinski definition) is 1. The predicted octanol–water partition coefficient (Wildman–Crippen LogP) is 6.91. The number of nitrogens with zero attached hydrogens (tertiary/aromatic N) is 1. The van der Waals surface area contributed by atoms with Gasteiger partial charge in [0.15, 0.2) is 5.12 Å². The topological polar surface area (TPSA) is 109 Å². The van der Waals surface area contributed by atoms with Gasteiger partial charge in [0, 0.05) is 48.2 Å². The summed E-state index contributed by atoms with van der Waals surface area (Å²) in [5, 5.41) is 1.23. The monoisotopic (exact) mass is 568 g/mol. The lowest BCUT2D eigenvalue weighted by Crippen LogP contribution is -2.13. The van der Waals surface area contributed by atoms with Gasteiger partial charge in [-0.1, -0.05) is 42.3 Å². The summed E-state index contributed by atoms with van der Waals surface area (Å²) in [4.78, 5) is 39.9. The van der Waals surface area contributed by atoms with Crippen LogP contribution in [0.15, 0.2) is 42.6 Å². The molecule has 2 N–H and O–H groups in total. The molecule has 1 aliphatic rings. The predicted molar refractivity (Wildman–Crippen MR) is 155 cm³/mol. The number of primary amides is 1. The fourth-order valence-corrected chi connectivity index (χ4v) is 5.17. The van der Waals surface area contributed by atoms with Gasteiger partial charge in [-0.05, 0) is 61.4 Å². The normalized spacial score (nSPS) is 12.9. The number of fused-ring (bicyclic) bond motifs is 1. The Labute approximate surface area is 237 Å². The van der Waals surface area contributed by atoms with Crippen molar-refractivity contribution in [3.8, 4) is 17.2 Å². The number of halogens is 1. The Morgan fingerprint density at radius 3 is 2.56 bits per heavy atom. The quantitative estimate of drug-likeness (QED) is 0.198. The van der Waals surface area contributed by atoms with Gasteiger partial charge in [-0.25, -0.2) is 0 Å². The lowest BCUT2D eigenvalue weighted by molar-refractivity contribution is -0.118. The van der Waals surface area contributed by atoms with Crippen molar-refractivity contribution in [2.24, 2.45) is 11.7 Å². The van der Waals surface area contributed by atoms with Gasteiger partial charge >= 0.3 is 0 Å². The van der Waals surface area contributed by atoms with Crippen molar-refractivity contribution in [2.75, 3.05) is 12.4 Å². The van der Waals surface area contributed by atoms with Crippen LogP contribution < -0.4 is 15.2 Å². The maximum atomic E-state index is 12.3. The SMILES string of the molecule is CC(=O)SCCCCCCOc1cc2nccc(Oc3ccc(CC(=O)CC4CC4)c(Cl)c3)c2cc1C(N)=O. The maximum absolute atomic E-state index is 12.3. The molecule has 39 heavy (non-hydrogen) atoms. The van der Waals surface area contributed by atoms with Crippen LogP contribution in [-0.4, -0.2) is 34.1 Å². The van der Waals surface area contributed by atoms with Crippen LogP contribution in [0.3, 0.4) is 0 Å². The molecule has 1 saturated carbocycles. The highest BCUT2D eigenvalue weighted by Crippen LogP contribution is 2.36. The first-order chi connectivity index (χ1) is 18.8. The number of rotatable bonds is 15. The molecule has 0 saturated heterocycles. The van der Waals surface area contributed by atoms with E-state index in [9.17, 15) is 14.4 Å². The van der Waals surface area contributed by atoms with Gasteiger partial charge in [0.1, 0.15) is 23.0 Å². The molecular formula is C30H33ClN2O5S. The molecule has 2 aromatic carbocycles. The molecule has 1 amide bonds. The first kappa shape index (κ1) is 28.9. The van der Waals surface area contributed by atoms with Gasteiger partial charge in [0.05, 0.1) is 17.7 Å². The smallest absolute Gasteiger partial charge is 0.252 e. The molecule has 0 unspecified atom stereocenters. The molecule has 1 aromatic heterocycles. The number of aromatic nitrogens is 1. The number of nitrogens with two attached hydrogens (primary N) is 1. The average Bonchev–Trinajstić information content (AvgIpc) is 3.70. The molecule has 0 atom stereocenters. The standard InChI is InChI=1S/C30H33ClN2O5S/c1-19(34)39-13-5-3-2-4-12-37-29-18-27-24(17-25(29)30(32)36)28(10-11-33-27)38-23-9-8-21(26(31)16-23)15-22(35)14-20-6-7-20/h8-11,16-18,20H,2-7,12-15H2,1H3,(H2,32,36). The van der Waals surface area contributed by atoms with Crippen molar-refractivity contribution in [3.05, 3.63) is 58.7 Å². The fourth-order valence-electron chi connectivity index (χ4n) is 4.30. The van der Waals surface area contributed by atoms with Crippen LogP contribution in [0.4, 0.5) is 0 Å². The molecule has 1 fully saturated rings. The third-order valence-electron chi connectivity index (χ3n) is 6.52. The van der Waals surface area contributed by atoms with Gasteiger partial charge in [0.25, 0.3) is 5.91 Å². The minimum atomic E-state index is -0.605. The number of hydrogen-bond acceptors (Lipinski definition) is 7. The molecule has 1 heterocycles. The lowest BCUT2D eigenvalue weighted by Gasteiger charge is -2.14. The van der Waals surface area contributed by atoms with Crippen LogP contribution in [0.1, 0.15) is 67.8 Å². The average molecular weight is 569 g/mol. The first-order valence-electron chi connectivity index (χ1n) is 13.3. The zero-order chi connectivity index (χ0) is 27.8. The maximum Gasteiger partial charge on any atom is 0.252 e. The van der Waals surface area contributed by atoms with Crippen LogP contribution in [0, 0.1) is 5.92 Å². The third kappa shape index (κ3) is 8.70. The molecule has 0 aliphatic heterocycles. The number of ketones is 1. The minimum Gasteiger partial charge on any atom is -0.493 e. The van der Waals surface area contributed by atoms with E-state index in [1.54, 1.807) is 43.5 Å². The van der Waals surface area contributed by atoms with Crippen LogP contribution in [-0.2, 0) is 16.0 Å². The van der Waals surface area contributed by atoms with Gasteiger partial charge in [-0.3, -0.25) is 19.4 Å². The fraction of sp³-hybridized carbons (Fsp3) is 0.400. The van der Waals surface area contributed by atoms with E-state index in [1.165, 1.54) is 11.8 Å². The zero-order valence-corrected chi connectivity index (χ0v) is 23.6. The number of thioether (sulfide) groups is 1. The number of pyridine rings is 1. The molecule has 0 radical (unpaired) electrons. The molecule has 9 heteroatoms. The number of carbonyl (C=O) groups excluding carboxylic acids is 3. The van der Waals surface area contributed by atoms with Crippen molar-refractivity contribution in [1.29, 1.82) is 0 Å². The van der Waals surface area contributed by atoms with E-state index in [-0.39, 0.29) is 16.5 Å². The lowest BCUT2D eigenvalue weighted by atomic mass is 10.0. The van der Waals surface area contributed by atoms with Gasteiger partial charge in [-0.15, -0.1) is 0 Å². The van der Waals surface area contributed by atoms with E-state index in [0.717, 1.165) is 49.8 Å². The van der Waals surface area contributed by atoms with E-state index in [2.05, 4.69) is 4.98 Å². The summed E-state index contributed by atoms with van der Waals surface area (Å²) in [5.41, 5.74) is 7.30. The summed E-state index contributed by atoms with van der Waals surface area (Å²) in [6, 6.07) is 10.3. The number of amides is 1. The summed E-state index contributed by atoms with van der Waals surface area (Å²) in [5.74, 6) is 2.36. The Hall–Kier alpha value is -3.10. The van der Waals surface area contributed by atoms with Gasteiger partial charge < -0.3 is 15.2 Å². The second-order valence-corrected chi connectivity index (χ2v) is 11.5. The van der Waals surface area contributed by atoms with E-state index in [0.29, 0.717) is 58.5 Å². The first-order valence-corrected chi connectivity index (χ1v) is 14.6. The molecule has 0 bridgehead atoms. The Kier molecular flexibility index (Phi) is 10.2. The highest BCUT2D eigenvalue weighted by molar-refractivity contribution is 8.13. The van der Waals surface area contributed by atoms with Gasteiger partial charge in [-0.2, -0.15) is 0 Å². The van der Waals surface area contributed by atoms with Crippen molar-refractivity contribution >= 4 is 51.1 Å². The summed E-state index contributed by atoms with van der Waals surface area (Å²) in [6.07, 6.45) is 8.60. The van der Waals surface area contributed by atoms with Crippen molar-refractivity contribution < 1.29 is 23.9 Å². The van der Waals surface area contributed by atoms with E-state index in [4.69, 9.17) is 26.8 Å². The molecule has 1 aliphatic carbocycles. The highest BCUT2D eigenvalue weighted by atomic mass is 35.5. The molecule has 206 valence electrons. The van der Waals surface area contributed by atoms with Crippen LogP contribution in [0.5, 0.6) is 17.2 Å². The highest BCUT2D eigenvalue weighted by Gasteiger charge is 2.24. The summed E-state index contributed by atoms with van der Waals surface area (Å²) in [6.45, 7) is 2.02. The van der Waals surface area contributed by atoms with E-state index in [1.807, 2.05) is 6.07 Å². The molecule has 7 nitrogen and oxygen atoms in total. The van der Waals surface area contributed by atoms with Crippen molar-refractivity contribution in [2.45, 2.75) is 58.3 Å². The van der Waals surface area contributed by atoms with Gasteiger partial charge in [0.2, 0.25) is 0 Å². The van der Waals surface area contributed by atoms with Crippen LogP contribution in [0.2, 0.25) is 5.02 Å². The Morgan fingerprint density at radius 1 is 1.05 bits per heavy atom. The second kappa shape index (κ2) is 13.8. The van der Waals surface area contributed by atoms with E-state index < -0.39 is 5.91 Å². The zero-order valence-electron chi connectivity index (χ0n) is 22.0. The van der Waals surface area contributed by atoms with E-state index >= 15 is 0 Å². The summed E-state index contributed by atoms with van der Waals surface area (Å²) >= 11 is 7.82. The largest absolute Gasteiger partial charge is 0.493 e. The van der Waals surface area contributed by atoms with Crippen LogP contribution >= 0.6 is 23.4 Å². The third-order valence-corrected chi connectivity index (χ3v) is 7.77. The number of benzene rings is 2. The Balaban J connectivity index is 1.41. The number of unbranched alkanes of at least 4 members (excludes halogenated alkanes) is 3. The molecule has 3 aromatic rings. The summed E-state index contributed by atoms with van der Waals surface area (Å²) < 4.78 is 12.0. The molecular weight excluding hydrogens is 536 g/mol. The Morgan fingerprint density at radius 2 is 1.85 bits per heavy atom. The van der Waals surface area contributed by atoms with Crippen molar-refractivity contribution in [1.82, 2.24) is 4.98 Å². The van der Waals surface area contributed by atoms with Crippen molar-refractivity contribution in [3.63, 3.8) is 0 Å². The number of Topliss-reactive ketones (excluding diaryl/α,β-unsaturated/α-hetero) is 1. The second-order valence-electron chi connectivity index (χ2n) is 9.86. The number of ether oxygens (including phenoxy) is 2. The van der Waals surface area contributed by atoms with Crippen LogP contribution in [0.25, 0.3) is 10.9 Å². The molecule has 4 rings (SSSR count). The molecule has 0 spiro atoms. The summed E-state index contributed by atoms with van der Waals surface area (Å²) in [7, 11) is 0.